The Morgan fingerprint density at radius 2 is 1.88 bits per heavy atom. The first kappa shape index (κ1) is 19.6. The van der Waals surface area contributed by atoms with Gasteiger partial charge in [0.05, 0.1) is 18.3 Å². The van der Waals surface area contributed by atoms with Crippen molar-refractivity contribution in [2.45, 2.75) is 83.2 Å². The van der Waals surface area contributed by atoms with Crippen LogP contribution in [0.4, 0.5) is 13.2 Å². The van der Waals surface area contributed by atoms with Crippen molar-refractivity contribution in [2.75, 3.05) is 0 Å². The van der Waals surface area contributed by atoms with E-state index in [-0.39, 0.29) is 18.3 Å². The summed E-state index contributed by atoms with van der Waals surface area (Å²) in [7, 11) is 0. The lowest BCUT2D eigenvalue weighted by Crippen LogP contribution is -2.37. The van der Waals surface area contributed by atoms with E-state index in [2.05, 4.69) is 0 Å². The van der Waals surface area contributed by atoms with Gasteiger partial charge in [-0.25, -0.2) is 0 Å². The summed E-state index contributed by atoms with van der Waals surface area (Å²) in [5.74, 6) is -0.752. The van der Waals surface area contributed by atoms with E-state index in [4.69, 9.17) is 18.9 Å². The zero-order valence-corrected chi connectivity index (χ0v) is 15.2. The molecule has 2 aliphatic heterocycles. The predicted molar refractivity (Wildman–Crippen MR) is 88.2 cm³/mol. The van der Waals surface area contributed by atoms with Crippen molar-refractivity contribution in [3.63, 3.8) is 0 Å². The third-order valence-electron chi connectivity index (χ3n) is 4.99. The molecule has 26 heavy (non-hydrogen) atoms. The van der Waals surface area contributed by atoms with Gasteiger partial charge < -0.3 is 18.9 Å². The molecule has 3 rings (SSSR count). The molecule has 0 aliphatic carbocycles. The van der Waals surface area contributed by atoms with Crippen molar-refractivity contribution >= 4 is 0 Å². The van der Waals surface area contributed by atoms with Gasteiger partial charge in [0.25, 0.3) is 0 Å². The van der Waals surface area contributed by atoms with E-state index in [0.717, 1.165) is 18.9 Å². The van der Waals surface area contributed by atoms with Crippen molar-refractivity contribution in [3.8, 4) is 0 Å². The van der Waals surface area contributed by atoms with Gasteiger partial charge in [0, 0.05) is 0 Å². The Kier molecular flexibility index (Phi) is 5.63. The molecule has 1 aromatic carbocycles. The Balaban J connectivity index is 1.75. The molecule has 146 valence electrons. The van der Waals surface area contributed by atoms with Crippen LogP contribution in [-0.4, -0.2) is 30.4 Å². The van der Waals surface area contributed by atoms with E-state index < -0.39 is 36.0 Å². The average molecular weight is 374 g/mol. The Morgan fingerprint density at radius 1 is 1.15 bits per heavy atom. The highest BCUT2D eigenvalue weighted by Crippen LogP contribution is 2.42. The fraction of sp³-hybridized carbons (Fsp3) is 0.684. The molecule has 2 saturated heterocycles. The minimum Gasteiger partial charge on any atom is -0.368 e. The molecule has 0 saturated carbocycles. The normalized spacial score (nSPS) is 34.2. The Labute approximate surface area is 151 Å². The maximum atomic E-state index is 13.2. The molecule has 0 aromatic heterocycles. The van der Waals surface area contributed by atoms with Crippen LogP contribution < -0.4 is 0 Å². The van der Waals surface area contributed by atoms with Gasteiger partial charge in [-0.15, -0.1) is 0 Å². The lowest BCUT2D eigenvalue weighted by Gasteiger charge is -2.27. The number of hydrogen-bond donors (Lipinski definition) is 0. The molecule has 5 atom stereocenters. The largest absolute Gasteiger partial charge is 0.416 e. The SMILES string of the molecule is CCC[C@H]1O[C@@H]2OC(C)(CC)O[C@@H]2[C@H]1OCc1ccccc1C(F)(F)F. The number of fused-ring (bicyclic) bond motifs is 1. The molecule has 4 nitrogen and oxygen atoms in total. The molecule has 2 heterocycles. The molecule has 1 aromatic rings. The van der Waals surface area contributed by atoms with E-state index in [9.17, 15) is 13.2 Å². The molecule has 7 heteroatoms. The molecular weight excluding hydrogens is 349 g/mol. The second-order valence-corrected chi connectivity index (χ2v) is 6.95. The third-order valence-corrected chi connectivity index (χ3v) is 4.99. The summed E-state index contributed by atoms with van der Waals surface area (Å²) in [6, 6.07) is 5.46. The number of hydrogen-bond acceptors (Lipinski definition) is 4. The second-order valence-electron chi connectivity index (χ2n) is 6.95. The molecule has 0 spiro atoms. The predicted octanol–water partition coefficient (Wildman–Crippen LogP) is 4.66. The summed E-state index contributed by atoms with van der Waals surface area (Å²) in [5, 5.41) is 0. The zero-order chi connectivity index (χ0) is 18.9. The first-order chi connectivity index (χ1) is 12.3. The quantitative estimate of drug-likeness (QED) is 0.726. The number of alkyl halides is 3. The number of benzene rings is 1. The lowest BCUT2D eigenvalue weighted by atomic mass is 10.1. The highest BCUT2D eigenvalue weighted by atomic mass is 19.4. The molecule has 0 N–H and O–H groups in total. The fourth-order valence-corrected chi connectivity index (χ4v) is 3.47. The standard InChI is InChI=1S/C19H25F3O4/c1-4-8-14-15(16-17(24-14)26-18(3,5-2)25-16)23-11-12-9-6-7-10-13(12)19(20,21)22/h6-7,9-10,14-17H,4-5,8,11H2,1-3H3/t14-,15+,16-,17-,18?/m1/s1. The fourth-order valence-electron chi connectivity index (χ4n) is 3.47. The Bertz CT molecular complexity index is 621. The Morgan fingerprint density at radius 3 is 2.54 bits per heavy atom. The van der Waals surface area contributed by atoms with E-state index in [1.807, 2.05) is 20.8 Å². The maximum Gasteiger partial charge on any atom is 0.416 e. The number of halogens is 3. The van der Waals surface area contributed by atoms with Crippen molar-refractivity contribution in [1.82, 2.24) is 0 Å². The molecule has 0 amide bonds. The minimum atomic E-state index is -4.41. The third kappa shape index (κ3) is 3.91. The minimum absolute atomic E-state index is 0.107. The van der Waals surface area contributed by atoms with Gasteiger partial charge in [-0.05, 0) is 31.4 Å². The first-order valence-corrected chi connectivity index (χ1v) is 9.05. The molecular formula is C19H25F3O4. The van der Waals surface area contributed by atoms with Crippen LogP contribution in [0, 0.1) is 0 Å². The monoisotopic (exact) mass is 374 g/mol. The van der Waals surface area contributed by atoms with E-state index in [0.29, 0.717) is 6.42 Å². The molecule has 2 fully saturated rings. The number of rotatable bonds is 6. The average Bonchev–Trinajstić information content (AvgIpc) is 3.06. The van der Waals surface area contributed by atoms with Crippen LogP contribution in [0.25, 0.3) is 0 Å². The smallest absolute Gasteiger partial charge is 0.368 e. The van der Waals surface area contributed by atoms with Gasteiger partial charge in [-0.2, -0.15) is 13.2 Å². The molecule has 0 bridgehead atoms. The van der Waals surface area contributed by atoms with Gasteiger partial charge in [0.15, 0.2) is 12.1 Å². The van der Waals surface area contributed by atoms with Gasteiger partial charge >= 0.3 is 6.18 Å². The summed E-state index contributed by atoms with van der Waals surface area (Å²) in [6.07, 6.45) is -3.86. The topological polar surface area (TPSA) is 36.9 Å². The summed E-state index contributed by atoms with van der Waals surface area (Å²) < 4.78 is 63.2. The summed E-state index contributed by atoms with van der Waals surface area (Å²) >= 11 is 0. The zero-order valence-electron chi connectivity index (χ0n) is 15.2. The molecule has 1 unspecified atom stereocenters. The van der Waals surface area contributed by atoms with Crippen LogP contribution in [-0.2, 0) is 31.7 Å². The maximum absolute atomic E-state index is 13.2. The van der Waals surface area contributed by atoms with Crippen LogP contribution in [0.15, 0.2) is 24.3 Å². The first-order valence-electron chi connectivity index (χ1n) is 9.05. The van der Waals surface area contributed by atoms with E-state index >= 15 is 0 Å². The summed E-state index contributed by atoms with van der Waals surface area (Å²) in [5.41, 5.74) is -0.569. The van der Waals surface area contributed by atoms with Crippen molar-refractivity contribution in [2.24, 2.45) is 0 Å². The van der Waals surface area contributed by atoms with Gasteiger partial charge in [-0.1, -0.05) is 38.5 Å². The second kappa shape index (κ2) is 7.46. The van der Waals surface area contributed by atoms with Crippen LogP contribution in [0.5, 0.6) is 0 Å². The Hall–Kier alpha value is -1.15. The van der Waals surface area contributed by atoms with E-state index in [1.165, 1.54) is 12.1 Å². The lowest BCUT2D eigenvalue weighted by molar-refractivity contribution is -0.229. The summed E-state index contributed by atoms with van der Waals surface area (Å²) in [6.45, 7) is 5.64. The highest BCUT2D eigenvalue weighted by Gasteiger charge is 2.56. The van der Waals surface area contributed by atoms with Crippen LogP contribution in [0.1, 0.15) is 51.2 Å². The van der Waals surface area contributed by atoms with Crippen molar-refractivity contribution in [3.05, 3.63) is 35.4 Å². The van der Waals surface area contributed by atoms with Crippen molar-refractivity contribution < 1.29 is 32.1 Å². The summed E-state index contributed by atoms with van der Waals surface area (Å²) in [4.78, 5) is 0. The van der Waals surface area contributed by atoms with Gasteiger partial charge in [-0.3, -0.25) is 0 Å². The van der Waals surface area contributed by atoms with Gasteiger partial charge in [0.2, 0.25) is 0 Å². The molecule has 0 radical (unpaired) electrons. The highest BCUT2D eigenvalue weighted by molar-refractivity contribution is 5.29. The van der Waals surface area contributed by atoms with Crippen molar-refractivity contribution in [1.29, 1.82) is 0 Å². The molecule has 2 aliphatic rings. The van der Waals surface area contributed by atoms with Crippen LogP contribution >= 0.6 is 0 Å². The van der Waals surface area contributed by atoms with Crippen LogP contribution in [0.3, 0.4) is 0 Å². The van der Waals surface area contributed by atoms with Crippen LogP contribution in [0.2, 0.25) is 0 Å². The van der Waals surface area contributed by atoms with E-state index in [1.54, 1.807) is 6.07 Å². The van der Waals surface area contributed by atoms with Gasteiger partial charge in [0.1, 0.15) is 12.2 Å². The number of ether oxygens (including phenoxy) is 4.